The molecule has 0 aliphatic heterocycles. The fourth-order valence-electron chi connectivity index (χ4n) is 3.29. The fraction of sp³-hybridized carbons (Fsp3) is 0.421. The Morgan fingerprint density at radius 3 is 2.60 bits per heavy atom. The summed E-state index contributed by atoms with van der Waals surface area (Å²) < 4.78 is 11.8. The van der Waals surface area contributed by atoms with Crippen LogP contribution in [0.5, 0.6) is 11.6 Å². The van der Waals surface area contributed by atoms with E-state index in [9.17, 15) is 9.59 Å². The van der Waals surface area contributed by atoms with E-state index in [2.05, 4.69) is 5.10 Å². The Morgan fingerprint density at radius 2 is 1.92 bits per heavy atom. The number of methoxy groups -OCH3 is 1. The van der Waals surface area contributed by atoms with Gasteiger partial charge in [0.1, 0.15) is 5.75 Å². The first-order valence-electron chi connectivity index (χ1n) is 8.58. The highest BCUT2D eigenvalue weighted by atomic mass is 16.5. The van der Waals surface area contributed by atoms with Gasteiger partial charge in [-0.05, 0) is 24.5 Å². The molecule has 0 amide bonds. The van der Waals surface area contributed by atoms with Crippen LogP contribution in [-0.4, -0.2) is 22.9 Å². The highest BCUT2D eigenvalue weighted by Crippen LogP contribution is 2.32. The quantitative estimate of drug-likeness (QED) is 0.753. The highest BCUT2D eigenvalue weighted by Gasteiger charge is 2.29. The molecule has 1 atom stereocenters. The van der Waals surface area contributed by atoms with Crippen LogP contribution in [0.1, 0.15) is 38.1 Å². The Balaban J connectivity index is 1.87. The number of nitrogens with zero attached hydrogens (tertiary/aromatic N) is 2. The number of carbonyl (C=O) groups excluding carboxylic acids is 1. The van der Waals surface area contributed by atoms with E-state index in [1.807, 2.05) is 18.2 Å². The van der Waals surface area contributed by atoms with Gasteiger partial charge in [0.15, 0.2) is 6.04 Å². The minimum Gasteiger partial charge on any atom is -0.467 e. The molecule has 2 aromatic rings. The second-order valence-corrected chi connectivity index (χ2v) is 6.29. The molecule has 0 bridgehead atoms. The van der Waals surface area contributed by atoms with E-state index >= 15 is 0 Å². The number of esters is 1. The van der Waals surface area contributed by atoms with Gasteiger partial charge in [0, 0.05) is 12.1 Å². The number of rotatable bonds is 6. The molecule has 6 heteroatoms. The van der Waals surface area contributed by atoms with Crippen molar-refractivity contribution in [3.05, 3.63) is 52.8 Å². The Labute approximate surface area is 146 Å². The lowest BCUT2D eigenvalue weighted by Crippen LogP contribution is -2.33. The van der Waals surface area contributed by atoms with Crippen LogP contribution in [0.15, 0.2) is 47.3 Å². The van der Waals surface area contributed by atoms with Crippen LogP contribution < -0.4 is 10.3 Å². The van der Waals surface area contributed by atoms with Crippen LogP contribution in [0.4, 0.5) is 0 Å². The largest absolute Gasteiger partial charge is 0.467 e. The zero-order valence-corrected chi connectivity index (χ0v) is 14.3. The number of hydrogen-bond donors (Lipinski definition) is 0. The lowest BCUT2D eigenvalue weighted by atomic mass is 9.98. The zero-order chi connectivity index (χ0) is 17.6. The molecule has 3 rings (SSSR count). The number of hydrogen-bond acceptors (Lipinski definition) is 5. The van der Waals surface area contributed by atoms with Crippen LogP contribution in [0.25, 0.3) is 0 Å². The number of aromatic nitrogens is 2. The maximum Gasteiger partial charge on any atom is 0.330 e. The van der Waals surface area contributed by atoms with Gasteiger partial charge in [0.05, 0.1) is 7.11 Å². The van der Waals surface area contributed by atoms with E-state index in [4.69, 9.17) is 9.47 Å². The summed E-state index contributed by atoms with van der Waals surface area (Å²) in [5, 5.41) is 4.26. The summed E-state index contributed by atoms with van der Waals surface area (Å²) in [7, 11) is 1.33. The molecule has 0 radical (unpaired) electrons. The topological polar surface area (TPSA) is 70.4 Å². The maximum atomic E-state index is 12.3. The summed E-state index contributed by atoms with van der Waals surface area (Å²) in [5.74, 6) is 0.853. The monoisotopic (exact) mass is 342 g/mol. The van der Waals surface area contributed by atoms with Crippen LogP contribution >= 0.6 is 0 Å². The molecule has 6 nitrogen and oxygen atoms in total. The number of para-hydroxylation sites is 1. The van der Waals surface area contributed by atoms with Crippen LogP contribution in [-0.2, 0) is 9.53 Å². The summed E-state index contributed by atoms with van der Waals surface area (Å²) in [4.78, 5) is 24.6. The summed E-state index contributed by atoms with van der Waals surface area (Å²) in [6.07, 6.45) is 5.04. The van der Waals surface area contributed by atoms with Crippen molar-refractivity contribution in [3.8, 4) is 11.6 Å². The molecule has 1 unspecified atom stereocenters. The van der Waals surface area contributed by atoms with Crippen molar-refractivity contribution in [2.45, 2.75) is 38.1 Å². The zero-order valence-electron chi connectivity index (χ0n) is 14.3. The van der Waals surface area contributed by atoms with Crippen LogP contribution in [0, 0.1) is 5.92 Å². The third kappa shape index (κ3) is 4.26. The predicted octanol–water partition coefficient (Wildman–Crippen LogP) is 3.33. The first kappa shape index (κ1) is 17.2. The van der Waals surface area contributed by atoms with Gasteiger partial charge in [-0.2, -0.15) is 0 Å². The Bertz CT molecular complexity index is 766. The van der Waals surface area contributed by atoms with Crippen molar-refractivity contribution in [2.75, 3.05) is 7.11 Å². The molecule has 0 spiro atoms. The van der Waals surface area contributed by atoms with E-state index in [1.165, 1.54) is 23.9 Å². The van der Waals surface area contributed by atoms with Crippen molar-refractivity contribution in [3.63, 3.8) is 0 Å². The number of ether oxygens (including phenoxy) is 2. The molecule has 1 heterocycles. The molecule has 1 aromatic carbocycles. The fourth-order valence-corrected chi connectivity index (χ4v) is 3.29. The molecule has 1 aliphatic rings. The standard InChI is InChI=1S/C19H22N2O4/c1-24-19(23)16(13-14-7-5-6-8-14)21-18(22)12-11-17(20-21)25-15-9-3-2-4-10-15/h2-4,9-12,14,16H,5-8,13H2,1H3. The summed E-state index contributed by atoms with van der Waals surface area (Å²) in [5.41, 5.74) is -0.339. The first-order chi connectivity index (χ1) is 12.2. The van der Waals surface area contributed by atoms with Crippen molar-refractivity contribution in [1.29, 1.82) is 0 Å². The Kier molecular flexibility index (Phi) is 5.48. The van der Waals surface area contributed by atoms with Crippen LogP contribution in [0.3, 0.4) is 0 Å². The maximum absolute atomic E-state index is 12.3. The van der Waals surface area contributed by atoms with E-state index in [-0.39, 0.29) is 11.4 Å². The molecule has 0 saturated heterocycles. The average molecular weight is 342 g/mol. The van der Waals surface area contributed by atoms with Gasteiger partial charge >= 0.3 is 5.97 Å². The minimum atomic E-state index is -0.722. The minimum absolute atomic E-state index is 0.270. The Morgan fingerprint density at radius 1 is 1.20 bits per heavy atom. The van der Waals surface area contributed by atoms with Gasteiger partial charge in [-0.15, -0.1) is 5.10 Å². The van der Waals surface area contributed by atoms with Gasteiger partial charge in [0.2, 0.25) is 5.88 Å². The van der Waals surface area contributed by atoms with E-state index in [1.54, 1.807) is 12.1 Å². The second-order valence-electron chi connectivity index (χ2n) is 6.29. The van der Waals surface area contributed by atoms with Crippen molar-refractivity contribution in [2.24, 2.45) is 5.92 Å². The third-order valence-corrected chi connectivity index (χ3v) is 4.57. The molecule has 25 heavy (non-hydrogen) atoms. The van der Waals surface area contributed by atoms with E-state index in [0.29, 0.717) is 18.1 Å². The molecular formula is C19H22N2O4. The van der Waals surface area contributed by atoms with E-state index < -0.39 is 12.0 Å². The lowest BCUT2D eigenvalue weighted by molar-refractivity contribution is -0.145. The van der Waals surface area contributed by atoms with Crippen LogP contribution in [0.2, 0.25) is 0 Å². The smallest absolute Gasteiger partial charge is 0.330 e. The SMILES string of the molecule is COC(=O)C(CC1CCCC1)n1nc(Oc2ccccc2)ccc1=O. The predicted molar refractivity (Wildman–Crippen MR) is 92.6 cm³/mol. The van der Waals surface area contributed by atoms with Crippen molar-refractivity contribution in [1.82, 2.24) is 9.78 Å². The molecular weight excluding hydrogens is 320 g/mol. The molecule has 132 valence electrons. The van der Waals surface area contributed by atoms with E-state index in [0.717, 1.165) is 25.7 Å². The normalized spacial score (nSPS) is 15.7. The molecule has 1 fully saturated rings. The highest BCUT2D eigenvalue weighted by molar-refractivity contribution is 5.73. The first-order valence-corrected chi connectivity index (χ1v) is 8.58. The Hall–Kier alpha value is -2.63. The number of carbonyl (C=O) groups is 1. The molecule has 1 aliphatic carbocycles. The third-order valence-electron chi connectivity index (χ3n) is 4.57. The summed E-state index contributed by atoms with van der Waals surface area (Å²) in [6, 6.07) is 11.3. The summed E-state index contributed by atoms with van der Waals surface area (Å²) >= 11 is 0. The second kappa shape index (κ2) is 7.96. The molecule has 1 saturated carbocycles. The average Bonchev–Trinajstić information content (AvgIpc) is 3.15. The van der Waals surface area contributed by atoms with Gasteiger partial charge in [-0.1, -0.05) is 43.9 Å². The summed E-state index contributed by atoms with van der Waals surface area (Å²) in [6.45, 7) is 0. The molecule has 0 N–H and O–H groups in total. The van der Waals surface area contributed by atoms with Gasteiger partial charge < -0.3 is 9.47 Å². The molecule has 1 aromatic heterocycles. The van der Waals surface area contributed by atoms with Gasteiger partial charge in [-0.25, -0.2) is 9.48 Å². The van der Waals surface area contributed by atoms with Crippen molar-refractivity contribution < 1.29 is 14.3 Å². The van der Waals surface area contributed by atoms with Gasteiger partial charge in [0.25, 0.3) is 5.56 Å². The van der Waals surface area contributed by atoms with Crippen molar-refractivity contribution >= 4 is 5.97 Å². The van der Waals surface area contributed by atoms with Gasteiger partial charge in [-0.3, -0.25) is 4.79 Å². The lowest BCUT2D eigenvalue weighted by Gasteiger charge is -2.20. The number of benzene rings is 1.